The van der Waals surface area contributed by atoms with Gasteiger partial charge >= 0.3 is 0 Å². The zero-order valence-electron chi connectivity index (χ0n) is 16.8. The van der Waals surface area contributed by atoms with Gasteiger partial charge in [-0.15, -0.1) is 0 Å². The van der Waals surface area contributed by atoms with Crippen molar-refractivity contribution in [1.29, 1.82) is 0 Å². The van der Waals surface area contributed by atoms with Gasteiger partial charge in [0, 0.05) is 45.5 Å². The Hall–Kier alpha value is -2.48. The second-order valence-electron chi connectivity index (χ2n) is 7.55. The molecule has 0 radical (unpaired) electrons. The highest BCUT2D eigenvalue weighted by atomic mass is 16.2. The number of rotatable bonds is 5. The number of carbonyl (C=O) groups excluding carboxylic acids is 1. The quantitative estimate of drug-likeness (QED) is 0.784. The Morgan fingerprint density at radius 2 is 2.00 bits per heavy atom. The molecule has 0 aromatic carbocycles. The summed E-state index contributed by atoms with van der Waals surface area (Å²) >= 11 is 0. The fourth-order valence-electron chi connectivity index (χ4n) is 4.20. The van der Waals surface area contributed by atoms with Crippen molar-refractivity contribution in [2.45, 2.75) is 32.6 Å². The Balaban J connectivity index is 1.37. The van der Waals surface area contributed by atoms with E-state index in [0.29, 0.717) is 6.54 Å². The summed E-state index contributed by atoms with van der Waals surface area (Å²) in [5, 5.41) is 5.28. The number of amides is 1. The molecule has 2 aromatic heterocycles. The second-order valence-corrected chi connectivity index (χ2v) is 7.55. The van der Waals surface area contributed by atoms with Crippen LogP contribution in [0, 0.1) is 0 Å². The molecule has 0 bridgehead atoms. The van der Waals surface area contributed by atoms with E-state index in [-0.39, 0.29) is 5.91 Å². The van der Waals surface area contributed by atoms with Crippen molar-refractivity contribution < 1.29 is 4.79 Å². The first-order chi connectivity index (χ1) is 13.7. The third-order valence-electron chi connectivity index (χ3n) is 5.77. The van der Waals surface area contributed by atoms with Crippen LogP contribution in [0.2, 0.25) is 0 Å². The van der Waals surface area contributed by atoms with Gasteiger partial charge in [0.2, 0.25) is 5.91 Å². The molecular weight excluding hydrogens is 354 g/mol. The van der Waals surface area contributed by atoms with Crippen LogP contribution >= 0.6 is 0 Å². The second kappa shape index (κ2) is 8.26. The van der Waals surface area contributed by atoms with Crippen molar-refractivity contribution in [3.8, 4) is 0 Å². The minimum absolute atomic E-state index is 0.223. The lowest BCUT2D eigenvalue weighted by atomic mass is 10.0. The molecule has 0 spiro atoms. The molecule has 0 saturated carbocycles. The molecule has 4 rings (SSSR count). The van der Waals surface area contributed by atoms with E-state index in [1.165, 1.54) is 18.5 Å². The summed E-state index contributed by atoms with van der Waals surface area (Å²) in [6, 6.07) is 0. The molecule has 150 valence electrons. The fraction of sp³-hybridized carbons (Fsp3) is 0.600. The van der Waals surface area contributed by atoms with Crippen LogP contribution in [0.3, 0.4) is 0 Å². The number of fused-ring (bicyclic) bond motifs is 1. The SMILES string of the molecule is CCN(C(=O)CN1CCN(c2ncnc3c2cnn3C)CC1)C1=CCCCC1. The first kappa shape index (κ1) is 18.9. The lowest BCUT2D eigenvalue weighted by Gasteiger charge is -2.36. The summed E-state index contributed by atoms with van der Waals surface area (Å²) in [6.07, 6.45) is 10.2. The summed E-state index contributed by atoms with van der Waals surface area (Å²) in [6.45, 7) is 6.73. The Labute approximate surface area is 165 Å². The largest absolute Gasteiger partial charge is 0.353 e. The maximum Gasteiger partial charge on any atom is 0.240 e. The number of piperazine rings is 1. The normalized spacial score (nSPS) is 18.4. The van der Waals surface area contributed by atoms with E-state index in [0.717, 1.165) is 62.4 Å². The predicted octanol–water partition coefficient (Wildman–Crippen LogP) is 1.79. The maximum atomic E-state index is 12.9. The third kappa shape index (κ3) is 3.73. The zero-order chi connectivity index (χ0) is 19.5. The van der Waals surface area contributed by atoms with Gasteiger partial charge in [0.15, 0.2) is 5.65 Å². The van der Waals surface area contributed by atoms with Gasteiger partial charge < -0.3 is 9.80 Å². The monoisotopic (exact) mass is 383 g/mol. The Kier molecular flexibility index (Phi) is 5.57. The lowest BCUT2D eigenvalue weighted by molar-refractivity contribution is -0.130. The number of anilines is 1. The predicted molar refractivity (Wildman–Crippen MR) is 109 cm³/mol. The summed E-state index contributed by atoms with van der Waals surface area (Å²) in [4.78, 5) is 28.2. The average molecular weight is 384 g/mol. The first-order valence-corrected chi connectivity index (χ1v) is 10.3. The van der Waals surface area contributed by atoms with E-state index in [4.69, 9.17) is 0 Å². The van der Waals surface area contributed by atoms with Crippen LogP contribution in [-0.4, -0.2) is 74.7 Å². The molecular formula is C20H29N7O. The zero-order valence-corrected chi connectivity index (χ0v) is 16.8. The first-order valence-electron chi connectivity index (χ1n) is 10.3. The molecule has 0 N–H and O–H groups in total. The topological polar surface area (TPSA) is 70.4 Å². The highest BCUT2D eigenvalue weighted by Crippen LogP contribution is 2.24. The van der Waals surface area contributed by atoms with Crippen LogP contribution < -0.4 is 4.90 Å². The summed E-state index contributed by atoms with van der Waals surface area (Å²) in [5.41, 5.74) is 2.07. The highest BCUT2D eigenvalue weighted by Gasteiger charge is 2.25. The number of likely N-dealkylation sites (N-methyl/N-ethyl adjacent to an activating group) is 1. The molecule has 1 fully saturated rings. The Bertz CT molecular complexity index is 867. The third-order valence-corrected chi connectivity index (χ3v) is 5.77. The minimum Gasteiger partial charge on any atom is -0.353 e. The minimum atomic E-state index is 0.223. The van der Waals surface area contributed by atoms with Crippen molar-refractivity contribution >= 4 is 22.8 Å². The number of aromatic nitrogens is 4. The number of allylic oxidation sites excluding steroid dienone is 2. The van der Waals surface area contributed by atoms with E-state index < -0.39 is 0 Å². The molecule has 28 heavy (non-hydrogen) atoms. The molecule has 8 heteroatoms. The van der Waals surface area contributed by atoms with E-state index in [9.17, 15) is 4.79 Å². The van der Waals surface area contributed by atoms with Crippen molar-refractivity contribution in [2.24, 2.45) is 7.05 Å². The van der Waals surface area contributed by atoms with Crippen LogP contribution in [0.15, 0.2) is 24.3 Å². The molecule has 2 aromatic rings. The number of hydrogen-bond acceptors (Lipinski definition) is 6. The van der Waals surface area contributed by atoms with Crippen molar-refractivity contribution in [3.63, 3.8) is 0 Å². The fourth-order valence-corrected chi connectivity index (χ4v) is 4.20. The molecule has 1 saturated heterocycles. The number of nitrogens with zero attached hydrogens (tertiary/aromatic N) is 7. The lowest BCUT2D eigenvalue weighted by Crippen LogP contribution is -2.50. The van der Waals surface area contributed by atoms with Gasteiger partial charge in [-0.3, -0.25) is 14.4 Å². The Morgan fingerprint density at radius 3 is 2.71 bits per heavy atom. The van der Waals surface area contributed by atoms with Gasteiger partial charge in [-0.25, -0.2) is 9.97 Å². The molecule has 8 nitrogen and oxygen atoms in total. The molecule has 1 amide bonds. The number of hydrogen-bond donors (Lipinski definition) is 0. The molecule has 1 aliphatic carbocycles. The van der Waals surface area contributed by atoms with Crippen molar-refractivity contribution in [2.75, 3.05) is 44.2 Å². The Morgan fingerprint density at radius 1 is 1.18 bits per heavy atom. The highest BCUT2D eigenvalue weighted by molar-refractivity contribution is 5.86. The number of aryl methyl sites for hydroxylation is 1. The molecule has 0 unspecified atom stereocenters. The van der Waals surface area contributed by atoms with Gasteiger partial charge in [0.1, 0.15) is 12.1 Å². The van der Waals surface area contributed by atoms with Crippen LogP contribution in [0.25, 0.3) is 11.0 Å². The van der Waals surface area contributed by atoms with E-state index in [1.54, 1.807) is 11.0 Å². The van der Waals surface area contributed by atoms with Gasteiger partial charge in [-0.05, 0) is 32.6 Å². The van der Waals surface area contributed by atoms with Gasteiger partial charge in [-0.2, -0.15) is 5.10 Å². The molecule has 3 heterocycles. The molecule has 0 atom stereocenters. The van der Waals surface area contributed by atoms with Crippen LogP contribution in [-0.2, 0) is 11.8 Å². The van der Waals surface area contributed by atoms with Crippen LogP contribution in [0.5, 0.6) is 0 Å². The van der Waals surface area contributed by atoms with E-state index >= 15 is 0 Å². The van der Waals surface area contributed by atoms with Crippen molar-refractivity contribution in [3.05, 3.63) is 24.3 Å². The number of carbonyl (C=O) groups is 1. The van der Waals surface area contributed by atoms with Gasteiger partial charge in [0.05, 0.1) is 18.1 Å². The van der Waals surface area contributed by atoms with Gasteiger partial charge in [0.25, 0.3) is 0 Å². The van der Waals surface area contributed by atoms with Crippen LogP contribution in [0.1, 0.15) is 32.6 Å². The summed E-state index contributed by atoms with van der Waals surface area (Å²) < 4.78 is 1.77. The molecule has 2 aliphatic rings. The summed E-state index contributed by atoms with van der Waals surface area (Å²) in [7, 11) is 1.89. The standard InChI is InChI=1S/C20H29N7O/c1-3-27(16-7-5-4-6-8-16)18(28)14-25-9-11-26(12-10-25)20-17-13-23-24(2)19(17)21-15-22-20/h7,13,15H,3-6,8-12,14H2,1-2H3. The summed E-state index contributed by atoms with van der Waals surface area (Å²) in [5.74, 6) is 1.16. The van der Waals surface area contributed by atoms with Gasteiger partial charge in [-0.1, -0.05) is 6.08 Å². The van der Waals surface area contributed by atoms with E-state index in [2.05, 4.69) is 37.9 Å². The van der Waals surface area contributed by atoms with Crippen LogP contribution in [0.4, 0.5) is 5.82 Å². The van der Waals surface area contributed by atoms with Crippen molar-refractivity contribution in [1.82, 2.24) is 29.5 Å². The maximum absolute atomic E-state index is 12.9. The van der Waals surface area contributed by atoms with E-state index in [1.807, 2.05) is 18.1 Å². The smallest absolute Gasteiger partial charge is 0.240 e. The average Bonchev–Trinajstić information content (AvgIpc) is 3.11. The molecule has 1 aliphatic heterocycles.